The maximum absolute atomic E-state index is 5.33. The Hall–Kier alpha value is -0.0800. The van der Waals surface area contributed by atoms with Crippen molar-refractivity contribution in [1.82, 2.24) is 15.5 Å². The van der Waals surface area contributed by atoms with Crippen LogP contribution in [0.2, 0.25) is 0 Å². The zero-order valence-corrected chi connectivity index (χ0v) is 20.3. The lowest BCUT2D eigenvalue weighted by atomic mass is 9.83. The maximum Gasteiger partial charge on any atom is 0.191 e. The van der Waals surface area contributed by atoms with E-state index in [2.05, 4.69) is 50.2 Å². The van der Waals surface area contributed by atoms with E-state index in [1.165, 1.54) is 25.7 Å². The van der Waals surface area contributed by atoms with Crippen LogP contribution in [0.3, 0.4) is 0 Å². The number of nitrogens with zero attached hydrogens (tertiary/aromatic N) is 2. The molecule has 156 valence electrons. The average molecular weight is 482 g/mol. The monoisotopic (exact) mass is 482 g/mol. The lowest BCUT2D eigenvalue weighted by Crippen LogP contribution is -2.45. The molecule has 2 N–H and O–H groups in total. The van der Waals surface area contributed by atoms with Crippen LogP contribution in [0.5, 0.6) is 0 Å². The normalized spacial score (nSPS) is 17.0. The molecule has 0 saturated heterocycles. The molecule has 0 aromatic heterocycles. The molecule has 1 aliphatic rings. The van der Waals surface area contributed by atoms with Gasteiger partial charge in [-0.3, -0.25) is 9.89 Å². The Kier molecular flexibility index (Phi) is 14.0. The Bertz CT molecular complexity index is 374. The Morgan fingerprint density at radius 2 is 1.73 bits per heavy atom. The number of hydrogen-bond donors (Lipinski definition) is 2. The quantitative estimate of drug-likeness (QED) is 0.267. The molecule has 1 fully saturated rings. The number of aliphatic imine (C=N–C) groups is 1. The van der Waals surface area contributed by atoms with E-state index < -0.39 is 0 Å². The minimum Gasteiger partial charge on any atom is -0.385 e. The second kappa shape index (κ2) is 14.0. The lowest BCUT2D eigenvalue weighted by Gasteiger charge is -2.31. The summed E-state index contributed by atoms with van der Waals surface area (Å²) in [6.45, 7) is 15.8. The van der Waals surface area contributed by atoms with Crippen molar-refractivity contribution in [2.45, 2.75) is 78.8 Å². The van der Waals surface area contributed by atoms with Crippen LogP contribution in [0.15, 0.2) is 4.99 Å². The molecule has 0 amide bonds. The zero-order valence-electron chi connectivity index (χ0n) is 17.9. The number of guanidine groups is 1. The summed E-state index contributed by atoms with van der Waals surface area (Å²) in [5.74, 6) is 0.957. The summed E-state index contributed by atoms with van der Waals surface area (Å²) >= 11 is 0. The summed E-state index contributed by atoms with van der Waals surface area (Å²) < 4.78 is 5.33. The number of ether oxygens (including phenoxy) is 1. The first-order chi connectivity index (χ1) is 11.9. The minimum absolute atomic E-state index is 0. The van der Waals surface area contributed by atoms with Crippen LogP contribution in [0.1, 0.15) is 66.7 Å². The van der Waals surface area contributed by atoms with Crippen molar-refractivity contribution in [2.24, 2.45) is 10.4 Å². The van der Waals surface area contributed by atoms with Gasteiger partial charge in [0.1, 0.15) is 0 Å². The van der Waals surface area contributed by atoms with Crippen LogP contribution in [-0.2, 0) is 4.74 Å². The Morgan fingerprint density at radius 1 is 1.12 bits per heavy atom. The number of methoxy groups -OCH3 is 1. The molecule has 0 spiro atoms. The number of nitrogens with one attached hydrogen (secondary N) is 2. The summed E-state index contributed by atoms with van der Waals surface area (Å²) in [7, 11) is 1.80. The van der Waals surface area contributed by atoms with Gasteiger partial charge < -0.3 is 15.4 Å². The van der Waals surface area contributed by atoms with E-state index in [4.69, 9.17) is 9.73 Å². The molecule has 5 nitrogen and oxygen atoms in total. The molecule has 1 rings (SSSR count). The highest BCUT2D eigenvalue weighted by Gasteiger charge is 2.33. The van der Waals surface area contributed by atoms with Crippen LogP contribution < -0.4 is 10.6 Å². The fourth-order valence-electron chi connectivity index (χ4n) is 3.94. The SMILES string of the molecule is CCNC(=NCC1(CCOC)CCCC1)NCCN(C(C)C)C(C)C.I. The number of rotatable bonds is 11. The molecule has 0 radical (unpaired) electrons. The van der Waals surface area contributed by atoms with Gasteiger partial charge in [-0.1, -0.05) is 12.8 Å². The van der Waals surface area contributed by atoms with Crippen LogP contribution in [0.25, 0.3) is 0 Å². The van der Waals surface area contributed by atoms with E-state index in [-0.39, 0.29) is 24.0 Å². The topological polar surface area (TPSA) is 48.9 Å². The predicted molar refractivity (Wildman–Crippen MR) is 124 cm³/mol. The second-order valence-corrected chi connectivity index (χ2v) is 8.00. The molecule has 0 unspecified atom stereocenters. The van der Waals surface area contributed by atoms with Crippen LogP contribution in [0, 0.1) is 5.41 Å². The molecule has 0 bridgehead atoms. The lowest BCUT2D eigenvalue weighted by molar-refractivity contribution is 0.141. The fraction of sp³-hybridized carbons (Fsp3) is 0.950. The van der Waals surface area contributed by atoms with Crippen LogP contribution in [-0.4, -0.2) is 62.8 Å². The highest BCUT2D eigenvalue weighted by molar-refractivity contribution is 14.0. The van der Waals surface area contributed by atoms with Crippen molar-refractivity contribution in [2.75, 3.05) is 39.9 Å². The predicted octanol–water partition coefficient (Wildman–Crippen LogP) is 3.88. The van der Waals surface area contributed by atoms with Crippen LogP contribution in [0.4, 0.5) is 0 Å². The summed E-state index contributed by atoms with van der Waals surface area (Å²) in [4.78, 5) is 7.44. The van der Waals surface area contributed by atoms with Crippen LogP contribution >= 0.6 is 24.0 Å². The van der Waals surface area contributed by atoms with E-state index in [0.29, 0.717) is 17.5 Å². The molecule has 1 aliphatic carbocycles. The molecule has 6 heteroatoms. The summed E-state index contributed by atoms with van der Waals surface area (Å²) in [5.41, 5.74) is 0.347. The van der Waals surface area contributed by atoms with Gasteiger partial charge in [-0.05, 0) is 59.3 Å². The van der Waals surface area contributed by atoms with Crippen molar-refractivity contribution in [3.63, 3.8) is 0 Å². The highest BCUT2D eigenvalue weighted by Crippen LogP contribution is 2.41. The van der Waals surface area contributed by atoms with Crippen molar-refractivity contribution >= 4 is 29.9 Å². The van der Waals surface area contributed by atoms with E-state index in [1.807, 2.05) is 0 Å². The van der Waals surface area contributed by atoms with Crippen molar-refractivity contribution in [3.05, 3.63) is 0 Å². The molecular weight excluding hydrogens is 439 g/mol. The first-order valence-electron chi connectivity index (χ1n) is 10.2. The smallest absolute Gasteiger partial charge is 0.191 e. The van der Waals surface area contributed by atoms with Gasteiger partial charge in [-0.15, -0.1) is 24.0 Å². The van der Waals surface area contributed by atoms with Gasteiger partial charge in [0.15, 0.2) is 5.96 Å². The van der Waals surface area contributed by atoms with Crippen molar-refractivity contribution in [1.29, 1.82) is 0 Å². The Labute approximate surface area is 179 Å². The average Bonchev–Trinajstić information content (AvgIpc) is 3.03. The molecule has 1 saturated carbocycles. The molecule has 0 aromatic carbocycles. The third-order valence-corrected chi connectivity index (χ3v) is 5.41. The van der Waals surface area contributed by atoms with Gasteiger partial charge >= 0.3 is 0 Å². The summed E-state index contributed by atoms with van der Waals surface area (Å²) in [6, 6.07) is 1.13. The van der Waals surface area contributed by atoms with E-state index >= 15 is 0 Å². The van der Waals surface area contributed by atoms with E-state index in [0.717, 1.165) is 45.2 Å². The van der Waals surface area contributed by atoms with Gasteiger partial charge in [-0.25, -0.2) is 0 Å². The van der Waals surface area contributed by atoms with Crippen molar-refractivity contribution in [3.8, 4) is 0 Å². The summed E-state index contributed by atoms with van der Waals surface area (Å²) in [6.07, 6.45) is 6.37. The second-order valence-electron chi connectivity index (χ2n) is 8.00. The molecule has 0 aliphatic heterocycles. The molecule has 0 aromatic rings. The van der Waals surface area contributed by atoms with Gasteiger partial charge in [0, 0.05) is 52.0 Å². The molecular formula is C20H43IN4O. The first-order valence-corrected chi connectivity index (χ1v) is 10.2. The number of halogens is 1. The Balaban J connectivity index is 0.00000625. The minimum atomic E-state index is 0. The third-order valence-electron chi connectivity index (χ3n) is 5.41. The molecule has 0 heterocycles. The summed E-state index contributed by atoms with van der Waals surface area (Å²) in [5, 5.41) is 6.93. The highest BCUT2D eigenvalue weighted by atomic mass is 127. The van der Waals surface area contributed by atoms with Gasteiger partial charge in [0.05, 0.1) is 0 Å². The largest absolute Gasteiger partial charge is 0.385 e. The third kappa shape index (κ3) is 9.22. The maximum atomic E-state index is 5.33. The standard InChI is InChI=1S/C20H42N4O.HI/c1-7-21-19(22-13-14-24(17(2)3)18(4)5)23-16-20(12-15-25-6)10-8-9-11-20;/h17-18H,7-16H2,1-6H3,(H2,21,22,23);1H. The molecule has 0 atom stereocenters. The van der Waals surface area contributed by atoms with E-state index in [1.54, 1.807) is 7.11 Å². The number of hydrogen-bond acceptors (Lipinski definition) is 3. The van der Waals surface area contributed by atoms with E-state index in [9.17, 15) is 0 Å². The Morgan fingerprint density at radius 3 is 2.23 bits per heavy atom. The van der Waals surface area contributed by atoms with Gasteiger partial charge in [0.25, 0.3) is 0 Å². The van der Waals surface area contributed by atoms with Crippen molar-refractivity contribution < 1.29 is 4.74 Å². The van der Waals surface area contributed by atoms with Gasteiger partial charge in [0.2, 0.25) is 0 Å². The van der Waals surface area contributed by atoms with Gasteiger partial charge in [-0.2, -0.15) is 0 Å². The first kappa shape index (κ1) is 25.9. The fourth-order valence-corrected chi connectivity index (χ4v) is 3.94. The zero-order chi connectivity index (χ0) is 18.7. The molecule has 26 heavy (non-hydrogen) atoms.